The van der Waals surface area contributed by atoms with E-state index in [4.69, 9.17) is 19.9 Å². The van der Waals surface area contributed by atoms with Gasteiger partial charge in [-0.2, -0.15) is 0 Å². The summed E-state index contributed by atoms with van der Waals surface area (Å²) in [6.07, 6.45) is 0. The van der Waals surface area contributed by atoms with Crippen molar-refractivity contribution in [1.82, 2.24) is 19.9 Å². The molecule has 0 fully saturated rings. The summed E-state index contributed by atoms with van der Waals surface area (Å²) in [5.74, 6) is 1.95. The Bertz CT molecular complexity index is 2130. The molecule has 0 unspecified atom stereocenters. The normalized spacial score (nSPS) is 11.4. The van der Waals surface area contributed by atoms with Crippen LogP contribution in [-0.4, -0.2) is 19.9 Å². The average Bonchev–Trinajstić information content (AvgIpc) is 3.45. The van der Waals surface area contributed by atoms with Crippen molar-refractivity contribution in [3.8, 4) is 45.4 Å². The van der Waals surface area contributed by atoms with Crippen LogP contribution in [0.1, 0.15) is 0 Å². The first kappa shape index (κ1) is 23.6. The Morgan fingerprint density at radius 1 is 0.390 bits per heavy atom. The lowest BCUT2D eigenvalue weighted by Crippen LogP contribution is -2.00. The van der Waals surface area contributed by atoms with Gasteiger partial charge in [-0.05, 0) is 12.1 Å². The molecule has 0 aliphatic rings. The van der Waals surface area contributed by atoms with Gasteiger partial charge < -0.3 is 0 Å². The highest BCUT2D eigenvalue weighted by atomic mass is 32.1. The number of nitrogens with zero attached hydrogens (tertiary/aromatic N) is 4. The number of pyridine rings is 1. The zero-order valence-electron chi connectivity index (χ0n) is 21.9. The first-order valence-corrected chi connectivity index (χ1v) is 14.3. The van der Waals surface area contributed by atoms with E-state index in [1.54, 1.807) is 0 Å². The van der Waals surface area contributed by atoms with Crippen molar-refractivity contribution in [2.75, 3.05) is 0 Å². The maximum Gasteiger partial charge on any atom is 0.164 e. The highest BCUT2D eigenvalue weighted by molar-refractivity contribution is 7.26. The Kier molecular flexibility index (Phi) is 5.61. The first-order chi connectivity index (χ1) is 20.3. The maximum absolute atomic E-state index is 5.17. The van der Waals surface area contributed by atoms with Gasteiger partial charge >= 0.3 is 0 Å². The first-order valence-electron chi connectivity index (χ1n) is 13.5. The summed E-state index contributed by atoms with van der Waals surface area (Å²) >= 11 is 1.83. The molecule has 192 valence electrons. The third-order valence-electron chi connectivity index (χ3n) is 7.33. The molecular weight excluding hydrogens is 520 g/mol. The van der Waals surface area contributed by atoms with E-state index in [0.717, 1.165) is 33.5 Å². The summed E-state index contributed by atoms with van der Waals surface area (Å²) in [7, 11) is 0. The predicted octanol–water partition coefficient (Wildman–Crippen LogP) is 9.46. The van der Waals surface area contributed by atoms with Gasteiger partial charge in [0.05, 0.1) is 11.2 Å². The van der Waals surface area contributed by atoms with Crippen LogP contribution in [0, 0.1) is 0 Å². The number of fused-ring (bicyclic) bond motifs is 5. The molecule has 0 aliphatic carbocycles. The fourth-order valence-electron chi connectivity index (χ4n) is 5.33. The summed E-state index contributed by atoms with van der Waals surface area (Å²) in [5.41, 5.74) is 5.90. The summed E-state index contributed by atoms with van der Waals surface area (Å²) < 4.78 is 2.54. The molecule has 0 aliphatic heterocycles. The minimum absolute atomic E-state index is 0.641. The predicted molar refractivity (Wildman–Crippen MR) is 170 cm³/mol. The molecule has 41 heavy (non-hydrogen) atoms. The van der Waals surface area contributed by atoms with Crippen molar-refractivity contribution in [3.05, 3.63) is 133 Å². The van der Waals surface area contributed by atoms with Gasteiger partial charge in [0.1, 0.15) is 0 Å². The van der Waals surface area contributed by atoms with Gasteiger partial charge in [-0.1, -0.05) is 121 Å². The Morgan fingerprint density at radius 3 is 1.51 bits per heavy atom. The van der Waals surface area contributed by atoms with E-state index in [1.165, 1.54) is 25.6 Å². The number of benzene rings is 5. The molecule has 0 bridgehead atoms. The number of thiophene rings is 1. The fraction of sp³-hybridized carbons (Fsp3) is 0. The Morgan fingerprint density at radius 2 is 0.878 bits per heavy atom. The molecule has 3 heterocycles. The molecule has 8 aromatic rings. The monoisotopic (exact) mass is 542 g/mol. The molecule has 0 spiro atoms. The van der Waals surface area contributed by atoms with E-state index >= 15 is 0 Å². The van der Waals surface area contributed by atoms with E-state index in [9.17, 15) is 0 Å². The lowest BCUT2D eigenvalue weighted by molar-refractivity contribution is 1.07. The van der Waals surface area contributed by atoms with Crippen LogP contribution in [-0.2, 0) is 0 Å². The lowest BCUT2D eigenvalue weighted by atomic mass is 10.0. The van der Waals surface area contributed by atoms with Crippen LogP contribution in [0.15, 0.2) is 133 Å². The maximum atomic E-state index is 5.17. The molecule has 5 aromatic carbocycles. The van der Waals surface area contributed by atoms with Crippen LogP contribution in [0.5, 0.6) is 0 Å². The van der Waals surface area contributed by atoms with Gasteiger partial charge in [-0.3, -0.25) is 0 Å². The van der Waals surface area contributed by atoms with Gasteiger partial charge in [0.2, 0.25) is 0 Å². The lowest BCUT2D eigenvalue weighted by Gasteiger charge is -2.10. The molecule has 0 amide bonds. The highest BCUT2D eigenvalue weighted by Crippen LogP contribution is 2.42. The quantitative estimate of drug-likeness (QED) is 0.222. The van der Waals surface area contributed by atoms with Crippen molar-refractivity contribution < 1.29 is 0 Å². The summed E-state index contributed by atoms with van der Waals surface area (Å²) in [6.45, 7) is 0. The van der Waals surface area contributed by atoms with Crippen molar-refractivity contribution in [1.29, 1.82) is 0 Å². The van der Waals surface area contributed by atoms with E-state index in [2.05, 4.69) is 72.8 Å². The van der Waals surface area contributed by atoms with Crippen molar-refractivity contribution in [2.45, 2.75) is 0 Å². The van der Waals surface area contributed by atoms with Gasteiger partial charge in [0.15, 0.2) is 17.5 Å². The molecule has 0 N–H and O–H groups in total. The van der Waals surface area contributed by atoms with Gasteiger partial charge in [-0.15, -0.1) is 11.3 Å². The Balaban J connectivity index is 1.29. The number of para-hydroxylation sites is 1. The third kappa shape index (κ3) is 4.15. The summed E-state index contributed by atoms with van der Waals surface area (Å²) in [6, 6.07) is 45.5. The number of hydrogen-bond donors (Lipinski definition) is 0. The number of hydrogen-bond acceptors (Lipinski definition) is 5. The molecule has 8 rings (SSSR count). The van der Waals surface area contributed by atoms with Crippen LogP contribution in [0.25, 0.3) is 76.5 Å². The van der Waals surface area contributed by atoms with Crippen molar-refractivity contribution in [2.24, 2.45) is 0 Å². The number of aromatic nitrogens is 4. The van der Waals surface area contributed by atoms with E-state index in [1.807, 2.05) is 72.0 Å². The second-order valence-corrected chi connectivity index (χ2v) is 10.9. The SMILES string of the molecule is c1ccc(-c2nc(-c3ccccc3)nc(-c3ccc(-c4nc5ccccc5c5sc6ccccc6c45)cc3)n2)cc1. The molecule has 0 atom stereocenters. The molecule has 5 heteroatoms. The van der Waals surface area contributed by atoms with E-state index in [0.29, 0.717) is 17.5 Å². The topological polar surface area (TPSA) is 51.6 Å². The highest BCUT2D eigenvalue weighted by Gasteiger charge is 2.17. The minimum Gasteiger partial charge on any atom is -0.247 e. The zero-order valence-corrected chi connectivity index (χ0v) is 22.7. The molecular formula is C36H22N4S. The standard InChI is InChI=1S/C36H22N4S/c1-3-11-24(12-4-1)34-38-35(25-13-5-2-6-14-25)40-36(39-34)26-21-19-23(20-22-26)32-31-28-16-8-10-18-30(28)41-33(31)27-15-7-9-17-29(27)37-32/h1-22H. The summed E-state index contributed by atoms with van der Waals surface area (Å²) in [5, 5.41) is 3.63. The van der Waals surface area contributed by atoms with Gasteiger partial charge in [0.25, 0.3) is 0 Å². The van der Waals surface area contributed by atoms with Crippen LogP contribution >= 0.6 is 11.3 Å². The number of rotatable bonds is 4. The smallest absolute Gasteiger partial charge is 0.164 e. The Labute approximate surface area is 240 Å². The average molecular weight is 543 g/mol. The molecule has 0 saturated carbocycles. The second kappa shape index (κ2) is 9.73. The third-order valence-corrected chi connectivity index (χ3v) is 8.53. The molecule has 0 saturated heterocycles. The molecule has 4 nitrogen and oxygen atoms in total. The van der Waals surface area contributed by atoms with Crippen LogP contribution < -0.4 is 0 Å². The van der Waals surface area contributed by atoms with Crippen LogP contribution in [0.2, 0.25) is 0 Å². The van der Waals surface area contributed by atoms with Crippen LogP contribution in [0.4, 0.5) is 0 Å². The summed E-state index contributed by atoms with van der Waals surface area (Å²) in [4.78, 5) is 19.8. The van der Waals surface area contributed by atoms with Gasteiger partial charge in [0, 0.05) is 47.8 Å². The molecule has 3 aromatic heterocycles. The van der Waals surface area contributed by atoms with Crippen molar-refractivity contribution >= 4 is 42.4 Å². The van der Waals surface area contributed by atoms with Crippen molar-refractivity contribution in [3.63, 3.8) is 0 Å². The van der Waals surface area contributed by atoms with E-state index in [-0.39, 0.29) is 0 Å². The minimum atomic E-state index is 0.641. The molecule has 0 radical (unpaired) electrons. The van der Waals surface area contributed by atoms with Crippen LogP contribution in [0.3, 0.4) is 0 Å². The van der Waals surface area contributed by atoms with E-state index < -0.39 is 0 Å². The zero-order chi connectivity index (χ0) is 27.2. The second-order valence-electron chi connectivity index (χ2n) is 9.90. The van der Waals surface area contributed by atoms with Gasteiger partial charge in [-0.25, -0.2) is 19.9 Å². The Hall–Kier alpha value is -5.26. The largest absolute Gasteiger partial charge is 0.247 e. The fourth-order valence-corrected chi connectivity index (χ4v) is 6.57.